The van der Waals surface area contributed by atoms with Crippen LogP contribution in [0.25, 0.3) is 0 Å². The second-order valence-electron chi connectivity index (χ2n) is 4.64. The van der Waals surface area contributed by atoms with E-state index in [1.165, 1.54) is 0 Å². The Morgan fingerprint density at radius 3 is 2.43 bits per heavy atom. The van der Waals surface area contributed by atoms with Gasteiger partial charge in [-0.25, -0.2) is 0 Å². The van der Waals surface area contributed by atoms with E-state index in [9.17, 15) is 9.90 Å². The summed E-state index contributed by atoms with van der Waals surface area (Å²) in [7, 11) is 0. The van der Waals surface area contributed by atoms with Crippen LogP contribution >= 0.6 is 23.2 Å². The van der Waals surface area contributed by atoms with Crippen LogP contribution in [0.15, 0.2) is 48.5 Å². The maximum absolute atomic E-state index is 11.9. The van der Waals surface area contributed by atoms with Crippen molar-refractivity contribution in [1.29, 1.82) is 0 Å². The van der Waals surface area contributed by atoms with Crippen molar-refractivity contribution in [3.63, 3.8) is 0 Å². The molecule has 0 saturated heterocycles. The van der Waals surface area contributed by atoms with Crippen molar-refractivity contribution < 1.29 is 9.90 Å². The number of aliphatic hydroxyl groups excluding tert-OH is 1. The second-order valence-corrected chi connectivity index (χ2v) is 5.48. The number of rotatable bonds is 5. The van der Waals surface area contributed by atoms with Crippen LogP contribution in [-0.2, 0) is 11.2 Å². The van der Waals surface area contributed by atoms with Crippen molar-refractivity contribution in [2.24, 2.45) is 0 Å². The highest BCUT2D eigenvalue weighted by molar-refractivity contribution is 6.31. The maximum Gasteiger partial charge on any atom is 0.224 e. The highest BCUT2D eigenvalue weighted by Crippen LogP contribution is 2.17. The van der Waals surface area contributed by atoms with Crippen LogP contribution in [0.4, 0.5) is 0 Å². The zero-order chi connectivity index (χ0) is 15.2. The monoisotopic (exact) mass is 323 g/mol. The Morgan fingerprint density at radius 2 is 1.76 bits per heavy atom. The Hall–Kier alpha value is -1.55. The van der Waals surface area contributed by atoms with Crippen molar-refractivity contribution in [3.05, 3.63) is 69.7 Å². The minimum absolute atomic E-state index is 0.144. The molecule has 0 fully saturated rings. The zero-order valence-electron chi connectivity index (χ0n) is 11.2. The van der Waals surface area contributed by atoms with Gasteiger partial charge in [0.25, 0.3) is 0 Å². The quantitative estimate of drug-likeness (QED) is 0.886. The zero-order valence-corrected chi connectivity index (χ0v) is 12.7. The van der Waals surface area contributed by atoms with Gasteiger partial charge in [0, 0.05) is 16.6 Å². The number of hydrogen-bond donors (Lipinski definition) is 2. The summed E-state index contributed by atoms with van der Waals surface area (Å²) in [6.07, 6.45) is -0.579. The smallest absolute Gasteiger partial charge is 0.224 e. The fraction of sp³-hybridized carbons (Fsp3) is 0.188. The molecule has 21 heavy (non-hydrogen) atoms. The first-order chi connectivity index (χ1) is 10.1. The summed E-state index contributed by atoms with van der Waals surface area (Å²) in [4.78, 5) is 11.9. The van der Waals surface area contributed by atoms with Gasteiger partial charge in [-0.15, -0.1) is 0 Å². The first-order valence-corrected chi connectivity index (χ1v) is 7.25. The summed E-state index contributed by atoms with van der Waals surface area (Å²) in [6, 6.07) is 14.0. The van der Waals surface area contributed by atoms with Gasteiger partial charge in [-0.1, -0.05) is 53.5 Å². The molecule has 2 aromatic carbocycles. The van der Waals surface area contributed by atoms with Crippen LogP contribution < -0.4 is 5.32 Å². The van der Waals surface area contributed by atoms with Crippen molar-refractivity contribution in [2.75, 3.05) is 6.54 Å². The molecule has 2 aromatic rings. The Morgan fingerprint density at radius 1 is 1.10 bits per heavy atom. The molecule has 5 heteroatoms. The highest BCUT2D eigenvalue weighted by atomic mass is 35.5. The van der Waals surface area contributed by atoms with Crippen molar-refractivity contribution in [1.82, 2.24) is 5.32 Å². The van der Waals surface area contributed by atoms with E-state index in [1.807, 2.05) is 12.1 Å². The topological polar surface area (TPSA) is 49.3 Å². The van der Waals surface area contributed by atoms with Crippen molar-refractivity contribution in [3.8, 4) is 0 Å². The van der Waals surface area contributed by atoms with Crippen LogP contribution in [0, 0.1) is 0 Å². The standard InChI is InChI=1S/C16H15Cl2NO2/c17-13-7-5-11(6-8-13)15(20)10-19-16(21)9-12-3-1-2-4-14(12)18/h1-8,15,20H,9-10H2,(H,19,21). The van der Waals surface area contributed by atoms with E-state index in [2.05, 4.69) is 5.32 Å². The van der Waals surface area contributed by atoms with Crippen LogP contribution in [0.3, 0.4) is 0 Å². The molecule has 0 aromatic heterocycles. The summed E-state index contributed by atoms with van der Waals surface area (Å²) >= 11 is 11.8. The van der Waals surface area contributed by atoms with Gasteiger partial charge in [-0.2, -0.15) is 0 Å². The van der Waals surface area contributed by atoms with Crippen molar-refractivity contribution in [2.45, 2.75) is 12.5 Å². The van der Waals surface area contributed by atoms with E-state index in [0.717, 1.165) is 5.56 Å². The molecule has 2 N–H and O–H groups in total. The third-order valence-corrected chi connectivity index (χ3v) is 3.68. The molecule has 0 aliphatic rings. The van der Waals surface area contributed by atoms with Gasteiger partial charge in [0.15, 0.2) is 0 Å². The summed E-state index contributed by atoms with van der Waals surface area (Å²) in [5.41, 5.74) is 1.47. The van der Waals surface area contributed by atoms with E-state index in [1.54, 1.807) is 36.4 Å². The SMILES string of the molecule is O=C(Cc1ccccc1Cl)NCC(O)c1ccc(Cl)cc1. The molecule has 0 saturated carbocycles. The number of carbonyl (C=O) groups is 1. The van der Waals surface area contributed by atoms with E-state index in [4.69, 9.17) is 23.2 Å². The Kier molecular flexibility index (Phi) is 5.62. The number of carbonyl (C=O) groups excluding carboxylic acids is 1. The number of aliphatic hydroxyl groups is 1. The fourth-order valence-electron chi connectivity index (χ4n) is 1.89. The summed E-state index contributed by atoms with van der Waals surface area (Å²) in [5.74, 6) is -0.184. The Bertz CT molecular complexity index is 614. The molecule has 0 radical (unpaired) electrons. The van der Waals surface area contributed by atoms with Crippen LogP contribution in [0.5, 0.6) is 0 Å². The molecule has 0 spiro atoms. The highest BCUT2D eigenvalue weighted by Gasteiger charge is 2.11. The normalized spacial score (nSPS) is 12.0. The van der Waals surface area contributed by atoms with Crippen molar-refractivity contribution >= 4 is 29.1 Å². The Balaban J connectivity index is 1.86. The predicted octanol–water partition coefficient (Wildman–Crippen LogP) is 3.39. The second kappa shape index (κ2) is 7.46. The lowest BCUT2D eigenvalue weighted by Crippen LogP contribution is -2.29. The van der Waals surface area contributed by atoms with Gasteiger partial charge >= 0.3 is 0 Å². The first kappa shape index (κ1) is 15.8. The minimum Gasteiger partial charge on any atom is -0.387 e. The van der Waals surface area contributed by atoms with Gasteiger partial charge in [-0.3, -0.25) is 4.79 Å². The first-order valence-electron chi connectivity index (χ1n) is 6.50. The van der Waals surface area contributed by atoms with Gasteiger partial charge in [0.05, 0.1) is 12.5 Å². The molecular formula is C16H15Cl2NO2. The van der Waals surface area contributed by atoms with Gasteiger partial charge in [0.1, 0.15) is 0 Å². The third kappa shape index (κ3) is 4.74. The Labute approximate surface area is 133 Å². The van der Waals surface area contributed by atoms with Crippen LogP contribution in [-0.4, -0.2) is 17.6 Å². The van der Waals surface area contributed by atoms with Gasteiger partial charge in [0.2, 0.25) is 5.91 Å². The van der Waals surface area contributed by atoms with E-state index in [-0.39, 0.29) is 18.9 Å². The summed E-state index contributed by atoms with van der Waals surface area (Å²) in [6.45, 7) is 0.144. The number of nitrogens with one attached hydrogen (secondary N) is 1. The number of hydrogen-bond acceptors (Lipinski definition) is 2. The molecule has 1 amide bonds. The molecular weight excluding hydrogens is 309 g/mol. The molecule has 0 heterocycles. The minimum atomic E-state index is -0.766. The van der Waals surface area contributed by atoms with Crippen LogP contribution in [0.1, 0.15) is 17.2 Å². The third-order valence-electron chi connectivity index (χ3n) is 3.06. The average molecular weight is 324 g/mol. The number of amides is 1. The average Bonchev–Trinajstić information content (AvgIpc) is 2.48. The lowest BCUT2D eigenvalue weighted by molar-refractivity contribution is -0.120. The van der Waals surface area contributed by atoms with Crippen LogP contribution in [0.2, 0.25) is 10.0 Å². The molecule has 1 atom stereocenters. The lowest BCUT2D eigenvalue weighted by Gasteiger charge is -2.12. The molecule has 2 rings (SSSR count). The summed E-state index contributed by atoms with van der Waals surface area (Å²) < 4.78 is 0. The van der Waals surface area contributed by atoms with E-state index in [0.29, 0.717) is 15.6 Å². The molecule has 0 aliphatic heterocycles. The molecule has 0 aliphatic carbocycles. The number of benzene rings is 2. The van der Waals surface area contributed by atoms with Gasteiger partial charge in [-0.05, 0) is 29.3 Å². The molecule has 1 unspecified atom stereocenters. The molecule has 110 valence electrons. The molecule has 3 nitrogen and oxygen atoms in total. The fourth-order valence-corrected chi connectivity index (χ4v) is 2.22. The van der Waals surface area contributed by atoms with Gasteiger partial charge < -0.3 is 10.4 Å². The van der Waals surface area contributed by atoms with E-state index < -0.39 is 6.10 Å². The largest absolute Gasteiger partial charge is 0.387 e. The summed E-state index contributed by atoms with van der Waals surface area (Å²) in [5, 5.41) is 13.9. The maximum atomic E-state index is 11.9. The number of halogens is 2. The van der Waals surface area contributed by atoms with E-state index >= 15 is 0 Å². The predicted molar refractivity (Wildman–Crippen MR) is 84.6 cm³/mol. The molecule has 0 bridgehead atoms. The lowest BCUT2D eigenvalue weighted by atomic mass is 10.1.